The standard InChI is InChI=1S/C26H18N4S2/c1-3-7-17(8-4-1)19-11-13-21-23(15-19)29-25(27-21)31-32-26-28-22-14-12-20(16-24(22)30-26)18-9-5-2-6-10-18/h1-16H,(H,27,29)(H,28,30). The van der Waals surface area contributed by atoms with Crippen LogP contribution in [0.2, 0.25) is 0 Å². The minimum atomic E-state index is 0.862. The number of nitrogens with zero attached hydrogens (tertiary/aromatic N) is 2. The zero-order valence-corrected chi connectivity index (χ0v) is 18.6. The lowest BCUT2D eigenvalue weighted by Crippen LogP contribution is -1.77. The second-order valence-corrected chi connectivity index (χ2v) is 9.55. The Morgan fingerprint density at radius 3 is 1.34 bits per heavy atom. The predicted octanol–water partition coefficient (Wildman–Crippen LogP) is 7.57. The molecule has 6 heteroatoms. The Morgan fingerprint density at radius 1 is 0.469 bits per heavy atom. The van der Waals surface area contributed by atoms with Gasteiger partial charge < -0.3 is 9.97 Å². The molecule has 0 saturated carbocycles. The van der Waals surface area contributed by atoms with Crippen molar-refractivity contribution in [1.82, 2.24) is 19.9 Å². The van der Waals surface area contributed by atoms with Gasteiger partial charge in [0.2, 0.25) is 0 Å². The lowest BCUT2D eigenvalue weighted by molar-refractivity contribution is 1.08. The lowest BCUT2D eigenvalue weighted by atomic mass is 10.1. The summed E-state index contributed by atoms with van der Waals surface area (Å²) >= 11 is 0. The molecule has 32 heavy (non-hydrogen) atoms. The lowest BCUT2D eigenvalue weighted by Gasteiger charge is -2.00. The third-order valence-electron chi connectivity index (χ3n) is 5.33. The van der Waals surface area contributed by atoms with E-state index in [2.05, 4.69) is 94.9 Å². The maximum absolute atomic E-state index is 4.72. The van der Waals surface area contributed by atoms with Crippen molar-refractivity contribution in [3.63, 3.8) is 0 Å². The Kier molecular flexibility index (Phi) is 4.94. The fourth-order valence-corrected chi connectivity index (χ4v) is 5.43. The summed E-state index contributed by atoms with van der Waals surface area (Å²) < 4.78 is 0. The van der Waals surface area contributed by atoms with Crippen LogP contribution in [0.3, 0.4) is 0 Å². The van der Waals surface area contributed by atoms with E-state index in [-0.39, 0.29) is 0 Å². The fraction of sp³-hybridized carbons (Fsp3) is 0. The molecule has 4 nitrogen and oxygen atoms in total. The van der Waals surface area contributed by atoms with E-state index >= 15 is 0 Å². The molecule has 0 radical (unpaired) electrons. The average molecular weight is 451 g/mol. The highest BCUT2D eigenvalue weighted by atomic mass is 33.1. The van der Waals surface area contributed by atoms with E-state index in [1.165, 1.54) is 22.3 Å². The van der Waals surface area contributed by atoms with Crippen LogP contribution in [0.1, 0.15) is 0 Å². The number of nitrogens with one attached hydrogen (secondary N) is 2. The van der Waals surface area contributed by atoms with Crippen LogP contribution >= 0.6 is 21.6 Å². The van der Waals surface area contributed by atoms with Crippen LogP contribution in [0.5, 0.6) is 0 Å². The molecule has 0 fully saturated rings. The summed E-state index contributed by atoms with van der Waals surface area (Å²) in [4.78, 5) is 16.3. The number of hydrogen-bond donors (Lipinski definition) is 2. The number of hydrogen-bond acceptors (Lipinski definition) is 4. The molecule has 2 N–H and O–H groups in total. The minimum absolute atomic E-state index is 0.862. The molecule has 0 aliphatic rings. The summed E-state index contributed by atoms with van der Waals surface area (Å²) in [5, 5.41) is 1.72. The van der Waals surface area contributed by atoms with Crippen LogP contribution in [-0.4, -0.2) is 19.9 Å². The summed E-state index contributed by atoms with van der Waals surface area (Å²) in [7, 11) is 3.15. The van der Waals surface area contributed by atoms with Gasteiger partial charge in [0, 0.05) is 0 Å². The second kappa shape index (κ2) is 8.22. The van der Waals surface area contributed by atoms with Crippen molar-refractivity contribution >= 4 is 43.7 Å². The molecule has 0 unspecified atom stereocenters. The molecule has 6 rings (SSSR count). The van der Waals surface area contributed by atoms with Crippen LogP contribution in [0.15, 0.2) is 107 Å². The van der Waals surface area contributed by atoms with Crippen molar-refractivity contribution in [3.8, 4) is 22.3 Å². The van der Waals surface area contributed by atoms with Crippen molar-refractivity contribution in [1.29, 1.82) is 0 Å². The zero-order chi connectivity index (χ0) is 21.3. The van der Waals surface area contributed by atoms with E-state index in [0.29, 0.717) is 0 Å². The fourth-order valence-electron chi connectivity index (χ4n) is 3.75. The summed E-state index contributed by atoms with van der Waals surface area (Å²) in [5.41, 5.74) is 8.75. The van der Waals surface area contributed by atoms with Gasteiger partial charge in [0.25, 0.3) is 0 Å². The van der Waals surface area contributed by atoms with E-state index < -0.39 is 0 Å². The van der Waals surface area contributed by atoms with E-state index in [4.69, 9.17) is 9.97 Å². The van der Waals surface area contributed by atoms with Crippen LogP contribution in [-0.2, 0) is 0 Å². The molecule has 0 amide bonds. The molecular formula is C26H18N4S2. The average Bonchev–Trinajstić information content (AvgIpc) is 3.46. The highest BCUT2D eigenvalue weighted by Gasteiger charge is 2.10. The van der Waals surface area contributed by atoms with Gasteiger partial charge >= 0.3 is 0 Å². The van der Waals surface area contributed by atoms with Gasteiger partial charge in [-0.2, -0.15) is 0 Å². The van der Waals surface area contributed by atoms with Crippen LogP contribution in [0.4, 0.5) is 0 Å². The van der Waals surface area contributed by atoms with E-state index in [1.807, 2.05) is 12.1 Å². The van der Waals surface area contributed by atoms with E-state index in [9.17, 15) is 0 Å². The van der Waals surface area contributed by atoms with Gasteiger partial charge in [0.1, 0.15) is 0 Å². The number of imidazole rings is 2. The molecule has 0 bridgehead atoms. The summed E-state index contributed by atoms with van der Waals surface area (Å²) in [6.45, 7) is 0. The molecule has 0 saturated heterocycles. The largest absolute Gasteiger partial charge is 0.332 e. The van der Waals surface area contributed by atoms with E-state index in [0.717, 1.165) is 32.4 Å². The Balaban J connectivity index is 1.22. The number of aromatic nitrogens is 4. The van der Waals surface area contributed by atoms with Gasteiger partial charge in [-0.3, -0.25) is 0 Å². The van der Waals surface area contributed by atoms with E-state index in [1.54, 1.807) is 21.6 Å². The molecule has 0 atom stereocenters. The Labute approximate surface area is 192 Å². The number of H-pyrrole nitrogens is 2. The highest BCUT2D eigenvalue weighted by Crippen LogP contribution is 2.37. The maximum Gasteiger partial charge on any atom is 0.177 e. The van der Waals surface area contributed by atoms with Crippen molar-refractivity contribution in [3.05, 3.63) is 97.1 Å². The Hall–Kier alpha value is -3.48. The predicted molar refractivity (Wildman–Crippen MR) is 135 cm³/mol. The van der Waals surface area contributed by atoms with Gasteiger partial charge in [-0.1, -0.05) is 72.8 Å². The number of aromatic amines is 2. The third-order valence-corrected chi connectivity index (χ3v) is 7.32. The smallest absolute Gasteiger partial charge is 0.177 e. The first-order valence-corrected chi connectivity index (χ1v) is 12.4. The molecule has 0 aliphatic heterocycles. The zero-order valence-electron chi connectivity index (χ0n) is 16.9. The highest BCUT2D eigenvalue weighted by molar-refractivity contribution is 8.76. The summed E-state index contributed by atoms with van der Waals surface area (Å²) in [6, 6.07) is 33.4. The molecule has 2 heterocycles. The molecule has 0 spiro atoms. The molecule has 4 aromatic carbocycles. The van der Waals surface area contributed by atoms with Crippen LogP contribution in [0, 0.1) is 0 Å². The number of rotatable bonds is 5. The molecule has 2 aromatic heterocycles. The summed E-state index contributed by atoms with van der Waals surface area (Å²) in [5.74, 6) is 0. The SMILES string of the molecule is c1ccc(-c2ccc3nc(SSc4nc5ccc(-c6ccccc6)cc5[nH]4)[nH]c3c2)cc1. The first-order valence-electron chi connectivity index (χ1n) is 10.3. The maximum atomic E-state index is 4.72. The molecular weight excluding hydrogens is 432 g/mol. The van der Waals surface area contributed by atoms with Crippen LogP contribution < -0.4 is 0 Å². The van der Waals surface area contributed by atoms with Crippen molar-refractivity contribution in [2.45, 2.75) is 10.3 Å². The number of benzene rings is 4. The normalized spacial score (nSPS) is 11.4. The van der Waals surface area contributed by atoms with Crippen LogP contribution in [0.25, 0.3) is 44.3 Å². The first kappa shape index (κ1) is 19.2. The Morgan fingerprint density at radius 2 is 0.906 bits per heavy atom. The van der Waals surface area contributed by atoms with Gasteiger partial charge in [0.15, 0.2) is 10.3 Å². The van der Waals surface area contributed by atoms with Crippen molar-refractivity contribution in [2.75, 3.05) is 0 Å². The third kappa shape index (κ3) is 3.79. The number of fused-ring (bicyclic) bond motifs is 2. The molecule has 6 aromatic rings. The Bertz CT molecular complexity index is 1400. The minimum Gasteiger partial charge on any atom is -0.332 e. The quantitative estimate of drug-likeness (QED) is 0.266. The summed E-state index contributed by atoms with van der Waals surface area (Å²) in [6.07, 6.45) is 0. The second-order valence-electron chi connectivity index (χ2n) is 7.45. The van der Waals surface area contributed by atoms with Gasteiger partial charge in [-0.05, 0) is 68.1 Å². The van der Waals surface area contributed by atoms with Gasteiger partial charge in [-0.15, -0.1) is 0 Å². The topological polar surface area (TPSA) is 57.4 Å². The van der Waals surface area contributed by atoms with Crippen molar-refractivity contribution in [2.24, 2.45) is 0 Å². The molecule has 0 aliphatic carbocycles. The molecule has 154 valence electrons. The van der Waals surface area contributed by atoms with Gasteiger partial charge in [0.05, 0.1) is 22.1 Å². The first-order chi connectivity index (χ1) is 15.8. The van der Waals surface area contributed by atoms with Crippen molar-refractivity contribution < 1.29 is 0 Å². The monoisotopic (exact) mass is 450 g/mol. The van der Waals surface area contributed by atoms with Gasteiger partial charge in [-0.25, -0.2) is 9.97 Å².